The summed E-state index contributed by atoms with van der Waals surface area (Å²) in [6.07, 6.45) is 2.27. The average molecular weight is 534 g/mol. The van der Waals surface area contributed by atoms with Gasteiger partial charge in [0.2, 0.25) is 0 Å². The molecule has 0 spiro atoms. The Labute approximate surface area is 194 Å². The molecule has 0 bridgehead atoms. The van der Waals surface area contributed by atoms with E-state index in [2.05, 4.69) is 66.1 Å². The van der Waals surface area contributed by atoms with Crippen LogP contribution in [0.1, 0.15) is 51.2 Å². The lowest BCUT2D eigenvalue weighted by Gasteiger charge is -2.33. The van der Waals surface area contributed by atoms with Crippen LogP contribution in [0.15, 0.2) is 27.9 Å². The van der Waals surface area contributed by atoms with Crippen LogP contribution in [0, 0.1) is 0 Å². The fraction of sp³-hybridized carbons (Fsp3) is 0.600. The molecule has 0 aliphatic carbocycles. The Balaban J connectivity index is 0.00000280. The van der Waals surface area contributed by atoms with E-state index in [0.717, 1.165) is 49.1 Å². The summed E-state index contributed by atoms with van der Waals surface area (Å²) in [5.41, 5.74) is 1.24. The number of aliphatic imine (C=N–C) groups is 1. The molecule has 1 aliphatic rings. The van der Waals surface area contributed by atoms with Crippen molar-refractivity contribution in [3.05, 3.63) is 33.6 Å². The normalized spacial score (nSPS) is 16.0. The van der Waals surface area contributed by atoms with Gasteiger partial charge in [0.15, 0.2) is 5.96 Å². The van der Waals surface area contributed by atoms with Crippen LogP contribution in [0.2, 0.25) is 0 Å². The fourth-order valence-electron chi connectivity index (χ4n) is 3.08. The maximum absolute atomic E-state index is 4.77. The van der Waals surface area contributed by atoms with Crippen molar-refractivity contribution in [1.29, 1.82) is 0 Å². The van der Waals surface area contributed by atoms with Crippen LogP contribution in [0.25, 0.3) is 0 Å². The maximum atomic E-state index is 4.77. The van der Waals surface area contributed by atoms with Gasteiger partial charge >= 0.3 is 0 Å². The highest BCUT2D eigenvalue weighted by atomic mass is 127. The summed E-state index contributed by atoms with van der Waals surface area (Å²) < 4.78 is 0. The third kappa shape index (κ3) is 6.59. The zero-order valence-corrected chi connectivity index (χ0v) is 21.2. The van der Waals surface area contributed by atoms with E-state index >= 15 is 0 Å². The van der Waals surface area contributed by atoms with Crippen molar-refractivity contribution in [3.63, 3.8) is 0 Å². The van der Waals surface area contributed by atoms with Gasteiger partial charge in [-0.05, 0) is 37.3 Å². The molecule has 156 valence electrons. The monoisotopic (exact) mass is 533 g/mol. The van der Waals surface area contributed by atoms with E-state index < -0.39 is 0 Å². The summed E-state index contributed by atoms with van der Waals surface area (Å²) in [6, 6.07) is 4.81. The van der Waals surface area contributed by atoms with Gasteiger partial charge in [-0.3, -0.25) is 0 Å². The Bertz CT molecular complexity index is 728. The molecule has 28 heavy (non-hydrogen) atoms. The van der Waals surface area contributed by atoms with Gasteiger partial charge in [-0.1, -0.05) is 20.8 Å². The van der Waals surface area contributed by atoms with Gasteiger partial charge in [-0.2, -0.15) is 0 Å². The first kappa shape index (κ1) is 23.4. The number of thiazole rings is 1. The SMILES string of the molecule is CCNC(=NCc1nc(C(C)(C)C)cs1)NC1CCN(c2cccs2)CC1.I. The maximum Gasteiger partial charge on any atom is 0.191 e. The number of hydrogen-bond acceptors (Lipinski definition) is 5. The second-order valence-corrected chi connectivity index (χ2v) is 9.80. The number of guanidine groups is 1. The largest absolute Gasteiger partial charge is 0.363 e. The summed E-state index contributed by atoms with van der Waals surface area (Å²) in [5, 5.41) is 13.8. The van der Waals surface area contributed by atoms with Crippen molar-refractivity contribution >= 4 is 57.6 Å². The number of piperidine rings is 1. The molecule has 8 heteroatoms. The first-order valence-electron chi connectivity index (χ1n) is 9.74. The Morgan fingerprint density at radius 1 is 1.29 bits per heavy atom. The zero-order valence-electron chi connectivity index (χ0n) is 17.2. The van der Waals surface area contributed by atoms with E-state index in [1.165, 1.54) is 5.00 Å². The lowest BCUT2D eigenvalue weighted by molar-refractivity contribution is 0.463. The third-order valence-corrected chi connectivity index (χ3v) is 6.45. The van der Waals surface area contributed by atoms with E-state index in [1.54, 1.807) is 11.3 Å². The standard InChI is InChI=1S/C20H31N5S2.HI/c1-5-21-19(22-13-17-24-16(14-27-17)20(2,3)4)23-15-8-10-25(11-9-15)18-7-6-12-26-18;/h6-7,12,14-15H,5,8-11,13H2,1-4H3,(H2,21,22,23);1H. The van der Waals surface area contributed by atoms with E-state index in [1.807, 2.05) is 11.3 Å². The molecule has 0 amide bonds. The third-order valence-electron chi connectivity index (χ3n) is 4.69. The molecule has 0 unspecified atom stereocenters. The smallest absolute Gasteiger partial charge is 0.191 e. The summed E-state index contributed by atoms with van der Waals surface area (Å²) in [6.45, 7) is 12.4. The summed E-state index contributed by atoms with van der Waals surface area (Å²) in [5.74, 6) is 0.902. The molecule has 1 saturated heterocycles. The minimum Gasteiger partial charge on any atom is -0.363 e. The van der Waals surface area contributed by atoms with E-state index in [9.17, 15) is 0 Å². The molecule has 2 aromatic rings. The molecule has 2 aromatic heterocycles. The van der Waals surface area contributed by atoms with Crippen molar-refractivity contribution in [3.8, 4) is 0 Å². The first-order valence-corrected chi connectivity index (χ1v) is 11.5. The van der Waals surface area contributed by atoms with Gasteiger partial charge < -0.3 is 15.5 Å². The highest BCUT2D eigenvalue weighted by Gasteiger charge is 2.21. The number of nitrogens with one attached hydrogen (secondary N) is 2. The molecule has 1 aliphatic heterocycles. The van der Waals surface area contributed by atoms with Crippen molar-refractivity contribution in [1.82, 2.24) is 15.6 Å². The van der Waals surface area contributed by atoms with Crippen LogP contribution in [-0.4, -0.2) is 36.6 Å². The van der Waals surface area contributed by atoms with E-state index in [4.69, 9.17) is 9.98 Å². The predicted molar refractivity (Wildman–Crippen MR) is 134 cm³/mol. The number of aromatic nitrogens is 1. The van der Waals surface area contributed by atoms with Crippen LogP contribution < -0.4 is 15.5 Å². The molecule has 2 N–H and O–H groups in total. The molecular formula is C20H32IN5S2. The fourth-order valence-corrected chi connectivity index (χ4v) is 4.81. The van der Waals surface area contributed by atoms with Gasteiger partial charge in [0, 0.05) is 36.5 Å². The van der Waals surface area contributed by atoms with Crippen molar-refractivity contribution in [2.75, 3.05) is 24.5 Å². The van der Waals surface area contributed by atoms with Gasteiger partial charge in [-0.25, -0.2) is 9.98 Å². The van der Waals surface area contributed by atoms with E-state index in [0.29, 0.717) is 12.6 Å². The summed E-state index contributed by atoms with van der Waals surface area (Å²) >= 11 is 3.53. The Morgan fingerprint density at radius 3 is 2.61 bits per heavy atom. The number of anilines is 1. The minimum atomic E-state index is 0. The number of thiophene rings is 1. The highest BCUT2D eigenvalue weighted by Crippen LogP contribution is 2.25. The van der Waals surface area contributed by atoms with Gasteiger partial charge in [0.05, 0.1) is 17.2 Å². The molecule has 3 rings (SSSR count). The quantitative estimate of drug-likeness (QED) is 0.328. The minimum absolute atomic E-state index is 0. The van der Waals surface area contributed by atoms with Crippen LogP contribution in [0.4, 0.5) is 5.00 Å². The molecule has 0 saturated carbocycles. The molecule has 5 nitrogen and oxygen atoms in total. The number of nitrogens with zero attached hydrogens (tertiary/aromatic N) is 3. The second-order valence-electron chi connectivity index (χ2n) is 7.93. The van der Waals surface area contributed by atoms with Crippen molar-refractivity contribution in [2.45, 2.75) is 58.5 Å². The Morgan fingerprint density at radius 2 is 2.04 bits per heavy atom. The summed E-state index contributed by atoms with van der Waals surface area (Å²) in [4.78, 5) is 12.0. The number of halogens is 1. The highest BCUT2D eigenvalue weighted by molar-refractivity contribution is 14.0. The Kier molecular flexibility index (Phi) is 9.01. The first-order chi connectivity index (χ1) is 13.0. The van der Waals surface area contributed by atoms with Crippen LogP contribution in [0.5, 0.6) is 0 Å². The van der Waals surface area contributed by atoms with Crippen LogP contribution >= 0.6 is 46.7 Å². The molecule has 0 atom stereocenters. The predicted octanol–water partition coefficient (Wildman–Crippen LogP) is 4.84. The molecule has 0 radical (unpaired) electrons. The van der Waals surface area contributed by atoms with Crippen LogP contribution in [0.3, 0.4) is 0 Å². The number of rotatable bonds is 5. The average Bonchev–Trinajstić information content (AvgIpc) is 3.32. The van der Waals surface area contributed by atoms with Crippen molar-refractivity contribution in [2.24, 2.45) is 4.99 Å². The Hall–Kier alpha value is -0.870. The molecule has 0 aromatic carbocycles. The lowest BCUT2D eigenvalue weighted by atomic mass is 9.93. The zero-order chi connectivity index (χ0) is 19.3. The number of hydrogen-bond donors (Lipinski definition) is 2. The summed E-state index contributed by atoms with van der Waals surface area (Å²) in [7, 11) is 0. The second kappa shape index (κ2) is 10.8. The molecule has 1 fully saturated rings. The molecule has 3 heterocycles. The lowest BCUT2D eigenvalue weighted by Crippen LogP contribution is -2.48. The van der Waals surface area contributed by atoms with Crippen molar-refractivity contribution < 1.29 is 0 Å². The van der Waals surface area contributed by atoms with Gasteiger partial charge in [-0.15, -0.1) is 46.7 Å². The van der Waals surface area contributed by atoms with Crippen LogP contribution in [-0.2, 0) is 12.0 Å². The van der Waals surface area contributed by atoms with E-state index in [-0.39, 0.29) is 29.4 Å². The van der Waals surface area contributed by atoms with Gasteiger partial charge in [0.1, 0.15) is 5.01 Å². The van der Waals surface area contributed by atoms with Gasteiger partial charge in [0.25, 0.3) is 0 Å². The topological polar surface area (TPSA) is 52.6 Å². The molecular weight excluding hydrogens is 501 g/mol.